The number of nitrogens with two attached hydrogens (primary N) is 1. The summed E-state index contributed by atoms with van der Waals surface area (Å²) in [6.07, 6.45) is 0.715. The molecule has 0 heterocycles. The van der Waals surface area contributed by atoms with Crippen LogP contribution in [0.5, 0.6) is 5.75 Å². The number of carbonyl (C=O) groups excluding carboxylic acids is 1. The second kappa shape index (κ2) is 8.45. The van der Waals surface area contributed by atoms with Crippen LogP contribution >= 0.6 is 0 Å². The van der Waals surface area contributed by atoms with Gasteiger partial charge in [-0.2, -0.15) is 0 Å². The van der Waals surface area contributed by atoms with E-state index in [1.54, 1.807) is 31.3 Å². The zero-order valence-corrected chi connectivity index (χ0v) is 14.1. The fraction of sp³-hybridized carbons (Fsp3) is 0.316. The fourth-order valence-electron chi connectivity index (χ4n) is 2.35. The molecular weight excluding hydrogens is 307 g/mol. The first-order valence-electron chi connectivity index (χ1n) is 7.95. The highest BCUT2D eigenvalue weighted by Crippen LogP contribution is 2.23. The fourth-order valence-corrected chi connectivity index (χ4v) is 2.35. The van der Waals surface area contributed by atoms with E-state index in [2.05, 4.69) is 0 Å². The average Bonchev–Trinajstić information content (AvgIpc) is 2.57. The van der Waals surface area contributed by atoms with Crippen LogP contribution in [0.3, 0.4) is 0 Å². The van der Waals surface area contributed by atoms with Crippen LogP contribution in [0.1, 0.15) is 27.9 Å². The minimum Gasteiger partial charge on any atom is -0.493 e. The molecule has 0 radical (unpaired) electrons. The van der Waals surface area contributed by atoms with Crippen LogP contribution in [-0.2, 0) is 6.54 Å². The van der Waals surface area contributed by atoms with Crippen LogP contribution in [0.2, 0.25) is 0 Å². The molecule has 2 aromatic rings. The summed E-state index contributed by atoms with van der Waals surface area (Å²) in [7, 11) is 1.65. The third kappa shape index (κ3) is 4.55. The zero-order valence-electron chi connectivity index (χ0n) is 14.1. The normalized spacial score (nSPS) is 10.5. The van der Waals surface area contributed by atoms with Crippen molar-refractivity contribution in [3.8, 4) is 5.75 Å². The maximum atomic E-state index is 13.8. The highest BCUT2D eigenvalue weighted by Gasteiger charge is 2.18. The lowest BCUT2D eigenvalue weighted by atomic mass is 10.1. The minimum atomic E-state index is -0.319. The topological polar surface area (TPSA) is 55.6 Å². The SMILES string of the molecule is Cc1ccc(C(=O)N(C)Cc2ccccc2F)c(OCCCN)c1. The van der Waals surface area contributed by atoms with Gasteiger partial charge in [0.1, 0.15) is 11.6 Å². The summed E-state index contributed by atoms with van der Waals surface area (Å²) in [6, 6.07) is 11.9. The Labute approximate surface area is 142 Å². The molecule has 0 saturated heterocycles. The van der Waals surface area contributed by atoms with Crippen molar-refractivity contribution in [2.75, 3.05) is 20.2 Å². The molecular formula is C19H23FN2O2. The van der Waals surface area contributed by atoms with E-state index in [0.717, 1.165) is 5.56 Å². The van der Waals surface area contributed by atoms with E-state index >= 15 is 0 Å². The van der Waals surface area contributed by atoms with Gasteiger partial charge in [-0.15, -0.1) is 0 Å². The van der Waals surface area contributed by atoms with Crippen molar-refractivity contribution in [3.63, 3.8) is 0 Å². The van der Waals surface area contributed by atoms with Crippen LogP contribution in [-0.4, -0.2) is 31.0 Å². The summed E-state index contributed by atoms with van der Waals surface area (Å²) in [6.45, 7) is 3.12. The van der Waals surface area contributed by atoms with Crippen LogP contribution in [0.15, 0.2) is 42.5 Å². The van der Waals surface area contributed by atoms with Gasteiger partial charge in [0.25, 0.3) is 5.91 Å². The largest absolute Gasteiger partial charge is 0.493 e. The molecule has 2 aromatic carbocycles. The van der Waals surface area contributed by atoms with E-state index in [1.807, 2.05) is 19.1 Å². The number of rotatable bonds is 7. The van der Waals surface area contributed by atoms with Gasteiger partial charge in [0, 0.05) is 19.2 Å². The average molecular weight is 330 g/mol. The summed E-state index contributed by atoms with van der Waals surface area (Å²) < 4.78 is 19.5. The highest BCUT2D eigenvalue weighted by molar-refractivity contribution is 5.96. The highest BCUT2D eigenvalue weighted by atomic mass is 19.1. The van der Waals surface area contributed by atoms with Crippen LogP contribution < -0.4 is 10.5 Å². The molecule has 24 heavy (non-hydrogen) atoms. The van der Waals surface area contributed by atoms with E-state index in [1.165, 1.54) is 11.0 Å². The number of aryl methyl sites for hydroxylation is 1. The Hall–Kier alpha value is -2.40. The maximum absolute atomic E-state index is 13.8. The van der Waals surface area contributed by atoms with Crippen molar-refractivity contribution < 1.29 is 13.9 Å². The molecule has 5 heteroatoms. The molecule has 4 nitrogen and oxygen atoms in total. The molecule has 0 spiro atoms. The zero-order chi connectivity index (χ0) is 17.5. The van der Waals surface area contributed by atoms with Crippen molar-refractivity contribution in [1.82, 2.24) is 4.90 Å². The van der Waals surface area contributed by atoms with Crippen LogP contribution in [0.4, 0.5) is 4.39 Å². The summed E-state index contributed by atoms with van der Waals surface area (Å²) in [4.78, 5) is 14.2. The van der Waals surface area contributed by atoms with Gasteiger partial charge in [0.15, 0.2) is 0 Å². The Morgan fingerprint density at radius 2 is 2.00 bits per heavy atom. The summed E-state index contributed by atoms with van der Waals surface area (Å²) in [5.74, 6) is 0.00955. The molecule has 0 aliphatic heterocycles. The third-order valence-electron chi connectivity index (χ3n) is 3.69. The Kier molecular flexibility index (Phi) is 6.32. The first-order chi connectivity index (χ1) is 11.5. The van der Waals surface area contributed by atoms with Gasteiger partial charge in [-0.05, 0) is 43.7 Å². The van der Waals surface area contributed by atoms with E-state index in [9.17, 15) is 9.18 Å². The minimum absolute atomic E-state index is 0.196. The predicted octanol–water partition coefficient (Wildman–Crippen LogP) is 3.13. The Morgan fingerprint density at radius 1 is 1.25 bits per heavy atom. The number of ether oxygens (including phenoxy) is 1. The predicted molar refractivity (Wildman–Crippen MR) is 92.5 cm³/mol. The number of carbonyl (C=O) groups is 1. The van der Waals surface area contributed by atoms with Gasteiger partial charge >= 0.3 is 0 Å². The number of hydrogen-bond donors (Lipinski definition) is 1. The first kappa shape index (κ1) is 17.9. The lowest BCUT2D eigenvalue weighted by molar-refractivity contribution is 0.0779. The van der Waals surface area contributed by atoms with Gasteiger partial charge in [-0.25, -0.2) is 4.39 Å². The number of nitrogens with zero attached hydrogens (tertiary/aromatic N) is 1. The molecule has 0 saturated carbocycles. The summed E-state index contributed by atoms with van der Waals surface area (Å²) in [5, 5.41) is 0. The molecule has 128 valence electrons. The molecule has 0 atom stereocenters. The smallest absolute Gasteiger partial charge is 0.257 e. The standard InChI is InChI=1S/C19H23FN2O2/c1-14-8-9-16(18(12-14)24-11-5-10-21)19(23)22(2)13-15-6-3-4-7-17(15)20/h3-4,6-9,12H,5,10-11,13,21H2,1-2H3. The lowest BCUT2D eigenvalue weighted by Crippen LogP contribution is -2.27. The monoisotopic (exact) mass is 330 g/mol. The van der Waals surface area contributed by atoms with Crippen molar-refractivity contribution in [2.45, 2.75) is 19.9 Å². The van der Waals surface area contributed by atoms with Gasteiger partial charge in [0.05, 0.1) is 12.2 Å². The van der Waals surface area contributed by atoms with E-state index in [-0.39, 0.29) is 18.3 Å². The van der Waals surface area contributed by atoms with Gasteiger partial charge in [-0.3, -0.25) is 4.79 Å². The second-order valence-corrected chi connectivity index (χ2v) is 5.74. The Balaban J connectivity index is 2.17. The Bertz CT molecular complexity index is 704. The summed E-state index contributed by atoms with van der Waals surface area (Å²) in [5.41, 5.74) is 7.43. The van der Waals surface area contributed by atoms with Crippen molar-refractivity contribution in [1.29, 1.82) is 0 Å². The number of benzene rings is 2. The van der Waals surface area contributed by atoms with Crippen molar-refractivity contribution in [3.05, 3.63) is 65.0 Å². The molecule has 1 amide bonds. The van der Waals surface area contributed by atoms with Crippen LogP contribution in [0, 0.1) is 12.7 Å². The van der Waals surface area contributed by atoms with E-state index in [0.29, 0.717) is 36.4 Å². The van der Waals surface area contributed by atoms with E-state index in [4.69, 9.17) is 10.5 Å². The molecule has 0 aliphatic carbocycles. The molecule has 0 fully saturated rings. The number of halogens is 1. The van der Waals surface area contributed by atoms with E-state index < -0.39 is 0 Å². The molecule has 2 N–H and O–H groups in total. The molecule has 0 bridgehead atoms. The quantitative estimate of drug-likeness (QED) is 0.794. The molecule has 0 aliphatic rings. The second-order valence-electron chi connectivity index (χ2n) is 5.74. The van der Waals surface area contributed by atoms with Gasteiger partial charge in [0.2, 0.25) is 0 Å². The number of amides is 1. The Morgan fingerprint density at radius 3 is 2.71 bits per heavy atom. The molecule has 0 unspecified atom stereocenters. The van der Waals surface area contributed by atoms with Gasteiger partial charge in [-0.1, -0.05) is 24.3 Å². The van der Waals surface area contributed by atoms with Crippen molar-refractivity contribution >= 4 is 5.91 Å². The maximum Gasteiger partial charge on any atom is 0.257 e. The third-order valence-corrected chi connectivity index (χ3v) is 3.69. The number of hydrogen-bond acceptors (Lipinski definition) is 3. The van der Waals surface area contributed by atoms with Crippen molar-refractivity contribution in [2.24, 2.45) is 5.73 Å². The van der Waals surface area contributed by atoms with Crippen LogP contribution in [0.25, 0.3) is 0 Å². The molecule has 0 aromatic heterocycles. The molecule has 2 rings (SSSR count). The van der Waals surface area contributed by atoms with Gasteiger partial charge < -0.3 is 15.4 Å². The first-order valence-corrected chi connectivity index (χ1v) is 7.95. The lowest BCUT2D eigenvalue weighted by Gasteiger charge is -2.20. The summed E-state index contributed by atoms with van der Waals surface area (Å²) >= 11 is 0.